The second-order valence-electron chi connectivity index (χ2n) is 5.83. The van der Waals surface area contributed by atoms with Gasteiger partial charge in [-0.2, -0.15) is 4.99 Å². The van der Waals surface area contributed by atoms with E-state index in [1.807, 2.05) is 0 Å². The van der Waals surface area contributed by atoms with Gasteiger partial charge in [0.2, 0.25) is 6.08 Å². The van der Waals surface area contributed by atoms with Crippen LogP contribution in [0.15, 0.2) is 23.2 Å². The number of rotatable bonds is 3. The molecule has 4 heteroatoms. The van der Waals surface area contributed by atoms with E-state index in [2.05, 4.69) is 42.0 Å². The Morgan fingerprint density at radius 3 is 2.75 bits per heavy atom. The number of aromatic nitrogens is 1. The molecule has 1 saturated carbocycles. The standard InChI is InChI=1S/C16H18N2OS/c1-11(2)15-18-13-6-5-12(9-14(13)20-15)16(17-10-19)7-3-4-8-16/h5-6,9,11H,3-4,7-8H2,1-2H3. The Hall–Kier alpha value is -1.51. The van der Waals surface area contributed by atoms with Crippen LogP contribution in [0.5, 0.6) is 0 Å². The number of nitrogens with zero attached hydrogens (tertiary/aromatic N) is 2. The minimum atomic E-state index is -0.335. The number of hydrogen-bond acceptors (Lipinski definition) is 4. The van der Waals surface area contributed by atoms with Gasteiger partial charge in [0.1, 0.15) is 0 Å². The van der Waals surface area contributed by atoms with Crippen molar-refractivity contribution in [2.45, 2.75) is 51.0 Å². The predicted molar refractivity (Wildman–Crippen MR) is 82.0 cm³/mol. The summed E-state index contributed by atoms with van der Waals surface area (Å²) in [5.74, 6) is 0.448. The van der Waals surface area contributed by atoms with Crippen molar-refractivity contribution in [3.8, 4) is 0 Å². The van der Waals surface area contributed by atoms with Gasteiger partial charge in [-0.15, -0.1) is 11.3 Å². The largest absolute Gasteiger partial charge is 0.241 e. The van der Waals surface area contributed by atoms with E-state index in [-0.39, 0.29) is 5.54 Å². The average molecular weight is 286 g/mol. The first-order chi connectivity index (χ1) is 9.64. The Kier molecular flexibility index (Phi) is 3.45. The number of benzene rings is 1. The van der Waals surface area contributed by atoms with Gasteiger partial charge in [-0.3, -0.25) is 0 Å². The van der Waals surface area contributed by atoms with Crippen molar-refractivity contribution in [1.82, 2.24) is 4.98 Å². The van der Waals surface area contributed by atoms with Crippen LogP contribution >= 0.6 is 11.3 Å². The van der Waals surface area contributed by atoms with Crippen molar-refractivity contribution in [3.05, 3.63) is 28.8 Å². The molecular formula is C16H18N2OS. The molecule has 1 fully saturated rings. The average Bonchev–Trinajstić information content (AvgIpc) is 3.04. The summed E-state index contributed by atoms with van der Waals surface area (Å²) in [6, 6.07) is 6.32. The zero-order valence-electron chi connectivity index (χ0n) is 11.8. The number of aliphatic imine (C=N–C) groups is 1. The SMILES string of the molecule is CC(C)c1nc2ccc(C3(N=C=O)CCCC3)cc2s1. The summed E-state index contributed by atoms with van der Waals surface area (Å²) < 4.78 is 1.19. The van der Waals surface area contributed by atoms with E-state index in [1.165, 1.54) is 4.70 Å². The van der Waals surface area contributed by atoms with Crippen molar-refractivity contribution < 1.29 is 4.79 Å². The molecule has 1 aliphatic rings. The maximum Gasteiger partial charge on any atom is 0.235 e. The van der Waals surface area contributed by atoms with Crippen LogP contribution in [0.4, 0.5) is 0 Å². The van der Waals surface area contributed by atoms with Gasteiger partial charge in [0.05, 0.1) is 20.8 Å². The minimum absolute atomic E-state index is 0.335. The summed E-state index contributed by atoms with van der Waals surface area (Å²) in [5.41, 5.74) is 1.85. The predicted octanol–water partition coefficient (Wildman–Crippen LogP) is 4.52. The molecule has 0 bridgehead atoms. The molecule has 0 N–H and O–H groups in total. The molecule has 0 amide bonds. The highest BCUT2D eigenvalue weighted by Gasteiger charge is 2.35. The Morgan fingerprint density at radius 1 is 1.35 bits per heavy atom. The third kappa shape index (κ3) is 2.19. The topological polar surface area (TPSA) is 42.3 Å². The molecule has 104 valence electrons. The second-order valence-corrected chi connectivity index (χ2v) is 6.89. The molecule has 3 nitrogen and oxygen atoms in total. The van der Waals surface area contributed by atoms with Crippen molar-refractivity contribution >= 4 is 27.6 Å². The molecule has 1 aromatic carbocycles. The van der Waals surface area contributed by atoms with Crippen molar-refractivity contribution in [2.75, 3.05) is 0 Å². The molecule has 0 atom stereocenters. The Labute approximate surface area is 122 Å². The zero-order valence-corrected chi connectivity index (χ0v) is 12.7. The van der Waals surface area contributed by atoms with E-state index >= 15 is 0 Å². The van der Waals surface area contributed by atoms with Crippen LogP contribution in [-0.2, 0) is 10.3 Å². The number of hydrogen-bond donors (Lipinski definition) is 0. The highest BCUT2D eigenvalue weighted by Crippen LogP contribution is 2.43. The highest BCUT2D eigenvalue weighted by molar-refractivity contribution is 7.18. The summed E-state index contributed by atoms with van der Waals surface area (Å²) in [6.45, 7) is 4.32. The quantitative estimate of drug-likeness (QED) is 0.614. The molecule has 1 heterocycles. The first-order valence-corrected chi connectivity index (χ1v) is 7.96. The van der Waals surface area contributed by atoms with Crippen LogP contribution in [0.25, 0.3) is 10.2 Å². The molecule has 3 rings (SSSR count). The maximum absolute atomic E-state index is 10.8. The maximum atomic E-state index is 10.8. The van der Waals surface area contributed by atoms with E-state index in [1.54, 1.807) is 17.4 Å². The minimum Gasteiger partial charge on any atom is -0.241 e. The molecule has 1 aliphatic carbocycles. The summed E-state index contributed by atoms with van der Waals surface area (Å²) in [7, 11) is 0. The fourth-order valence-corrected chi connectivity index (χ4v) is 4.00. The van der Waals surface area contributed by atoms with Crippen LogP contribution in [0.1, 0.15) is 56.0 Å². The summed E-state index contributed by atoms with van der Waals surface area (Å²) >= 11 is 1.74. The van der Waals surface area contributed by atoms with Crippen LogP contribution < -0.4 is 0 Å². The highest BCUT2D eigenvalue weighted by atomic mass is 32.1. The number of carbonyl (C=O) groups excluding carboxylic acids is 1. The van der Waals surface area contributed by atoms with Gasteiger partial charge in [-0.25, -0.2) is 9.78 Å². The third-order valence-corrected chi connectivity index (χ3v) is 5.45. The van der Waals surface area contributed by atoms with E-state index in [0.717, 1.165) is 41.8 Å². The number of isocyanates is 1. The van der Waals surface area contributed by atoms with Crippen LogP contribution in [0, 0.1) is 0 Å². The van der Waals surface area contributed by atoms with Crippen LogP contribution in [0.2, 0.25) is 0 Å². The molecule has 20 heavy (non-hydrogen) atoms. The fourth-order valence-electron chi connectivity index (χ4n) is 2.99. The van der Waals surface area contributed by atoms with E-state index < -0.39 is 0 Å². The number of thiazole rings is 1. The van der Waals surface area contributed by atoms with Gasteiger partial charge >= 0.3 is 0 Å². The molecule has 0 unspecified atom stereocenters. The van der Waals surface area contributed by atoms with E-state index in [4.69, 9.17) is 0 Å². The van der Waals surface area contributed by atoms with Crippen molar-refractivity contribution in [2.24, 2.45) is 4.99 Å². The lowest BCUT2D eigenvalue weighted by atomic mass is 9.89. The molecule has 0 spiro atoms. The Morgan fingerprint density at radius 2 is 2.10 bits per heavy atom. The zero-order chi connectivity index (χ0) is 14.2. The lowest BCUT2D eigenvalue weighted by Crippen LogP contribution is -2.18. The lowest BCUT2D eigenvalue weighted by Gasteiger charge is -2.22. The molecule has 0 aliphatic heterocycles. The number of fused-ring (bicyclic) bond motifs is 1. The van der Waals surface area contributed by atoms with Crippen molar-refractivity contribution in [3.63, 3.8) is 0 Å². The first kappa shape index (κ1) is 13.5. The molecular weight excluding hydrogens is 268 g/mol. The van der Waals surface area contributed by atoms with Gasteiger partial charge in [0, 0.05) is 5.92 Å². The fraction of sp³-hybridized carbons (Fsp3) is 0.500. The lowest BCUT2D eigenvalue weighted by molar-refractivity contribution is 0.456. The molecule has 0 saturated heterocycles. The Bertz CT molecular complexity index is 677. The molecule has 2 aromatic rings. The van der Waals surface area contributed by atoms with E-state index in [0.29, 0.717) is 5.92 Å². The normalized spacial score (nSPS) is 17.6. The molecule has 0 radical (unpaired) electrons. The summed E-state index contributed by atoms with van der Waals surface area (Å²) in [4.78, 5) is 19.6. The van der Waals surface area contributed by atoms with Crippen LogP contribution in [0.3, 0.4) is 0 Å². The van der Waals surface area contributed by atoms with Crippen LogP contribution in [-0.4, -0.2) is 11.1 Å². The third-order valence-electron chi connectivity index (χ3n) is 4.13. The monoisotopic (exact) mass is 286 g/mol. The van der Waals surface area contributed by atoms with Crippen molar-refractivity contribution in [1.29, 1.82) is 0 Å². The molecule has 1 aromatic heterocycles. The van der Waals surface area contributed by atoms with Gasteiger partial charge in [0.15, 0.2) is 0 Å². The van der Waals surface area contributed by atoms with Gasteiger partial charge in [0.25, 0.3) is 0 Å². The van der Waals surface area contributed by atoms with Gasteiger partial charge < -0.3 is 0 Å². The Balaban J connectivity index is 2.09. The smallest absolute Gasteiger partial charge is 0.235 e. The summed E-state index contributed by atoms with van der Waals surface area (Å²) in [6.07, 6.45) is 5.94. The van der Waals surface area contributed by atoms with Gasteiger partial charge in [-0.05, 0) is 30.5 Å². The first-order valence-electron chi connectivity index (χ1n) is 7.15. The second kappa shape index (κ2) is 5.12. The van der Waals surface area contributed by atoms with Gasteiger partial charge in [-0.1, -0.05) is 32.8 Å². The summed E-state index contributed by atoms with van der Waals surface area (Å²) in [5, 5.41) is 1.16. The van der Waals surface area contributed by atoms with E-state index in [9.17, 15) is 4.79 Å².